The van der Waals surface area contributed by atoms with Crippen molar-refractivity contribution in [2.24, 2.45) is 0 Å². The number of allylic oxidation sites excluding steroid dienone is 1. The maximum atomic E-state index is 12.3. The second kappa shape index (κ2) is 5.17. The average Bonchev–Trinajstić information content (AvgIpc) is 3.20. The monoisotopic (exact) mass is 373 g/mol. The summed E-state index contributed by atoms with van der Waals surface area (Å²) in [6.45, 7) is -0.124. The third-order valence-electron chi connectivity index (χ3n) is 4.68. The molecule has 140 valence electrons. The van der Waals surface area contributed by atoms with Gasteiger partial charge in [-0.15, -0.1) is 0 Å². The molecule has 1 amide bonds. The van der Waals surface area contributed by atoms with Gasteiger partial charge in [0.2, 0.25) is 0 Å². The van der Waals surface area contributed by atoms with Crippen LogP contribution in [-0.4, -0.2) is 49.4 Å². The largest absolute Gasteiger partial charge is 0.414 e. The van der Waals surface area contributed by atoms with Gasteiger partial charge in [-0.25, -0.2) is 9.59 Å². The second-order valence-electron chi connectivity index (χ2n) is 6.58. The minimum Gasteiger partial charge on any atom is -0.410 e. The summed E-state index contributed by atoms with van der Waals surface area (Å²) in [6, 6.07) is 6.73. The summed E-state index contributed by atoms with van der Waals surface area (Å²) in [7, 11) is 3.12. The Hall–Kier alpha value is -2.72. The lowest BCUT2D eigenvalue weighted by atomic mass is 10.00. The number of rotatable bonds is 1. The van der Waals surface area contributed by atoms with Crippen LogP contribution in [0.1, 0.15) is 15.9 Å². The predicted octanol–water partition coefficient (Wildman–Crippen LogP) is 1.56. The second-order valence-corrected chi connectivity index (χ2v) is 6.58. The van der Waals surface area contributed by atoms with Crippen LogP contribution < -0.4 is 0 Å². The standard InChI is InChI=1S/C18H15NO8/c1-19(2)15(21)24-11-7-8-16-17(9-11,23-10-22-16)27-18(26-16)13-6-4-3-5-12(13)14(20)25-18/h3-9H,10H2,1-2H3. The lowest BCUT2D eigenvalue weighted by molar-refractivity contribution is -0.369. The first-order chi connectivity index (χ1) is 12.9. The van der Waals surface area contributed by atoms with Gasteiger partial charge >= 0.3 is 18.0 Å². The minimum atomic E-state index is -1.82. The topological polar surface area (TPSA) is 92.8 Å². The summed E-state index contributed by atoms with van der Waals surface area (Å²) < 4.78 is 34.1. The number of esters is 1. The van der Waals surface area contributed by atoms with E-state index >= 15 is 0 Å². The highest BCUT2D eigenvalue weighted by Gasteiger charge is 2.75. The van der Waals surface area contributed by atoms with Crippen LogP contribution in [0.3, 0.4) is 0 Å². The maximum Gasteiger partial charge on any atom is 0.414 e. The molecular formula is C18H15NO8. The number of nitrogens with zero attached hydrogens (tertiary/aromatic N) is 1. The zero-order chi connectivity index (χ0) is 18.9. The van der Waals surface area contributed by atoms with Gasteiger partial charge in [0, 0.05) is 20.2 Å². The van der Waals surface area contributed by atoms with Crippen LogP contribution in [0.2, 0.25) is 0 Å². The van der Waals surface area contributed by atoms with E-state index < -0.39 is 29.6 Å². The number of carbonyl (C=O) groups is 2. The van der Waals surface area contributed by atoms with Gasteiger partial charge in [0.15, 0.2) is 6.79 Å². The van der Waals surface area contributed by atoms with Crippen molar-refractivity contribution in [1.29, 1.82) is 0 Å². The molecule has 1 aromatic carbocycles. The zero-order valence-corrected chi connectivity index (χ0v) is 14.5. The number of benzene rings is 1. The SMILES string of the molecule is CN(C)C(=O)OC1=CC23OCOC2(C=C1)OC1(OC(=O)c2ccccc21)O3. The van der Waals surface area contributed by atoms with Crippen LogP contribution >= 0.6 is 0 Å². The van der Waals surface area contributed by atoms with Crippen LogP contribution in [0.15, 0.2) is 48.3 Å². The van der Waals surface area contributed by atoms with Crippen LogP contribution in [0, 0.1) is 0 Å². The van der Waals surface area contributed by atoms with Crippen LogP contribution in [0.4, 0.5) is 4.79 Å². The van der Waals surface area contributed by atoms with Crippen molar-refractivity contribution in [2.45, 2.75) is 17.5 Å². The predicted molar refractivity (Wildman–Crippen MR) is 85.6 cm³/mol. The van der Waals surface area contributed by atoms with Crippen LogP contribution in [-0.2, 0) is 34.4 Å². The van der Waals surface area contributed by atoms with Gasteiger partial charge in [-0.05, 0) is 24.3 Å². The Kier molecular flexibility index (Phi) is 3.15. The van der Waals surface area contributed by atoms with Crippen molar-refractivity contribution in [1.82, 2.24) is 4.90 Å². The van der Waals surface area contributed by atoms with E-state index in [1.54, 1.807) is 38.4 Å². The Morgan fingerprint density at radius 2 is 1.89 bits per heavy atom. The quantitative estimate of drug-likeness (QED) is 0.685. The zero-order valence-electron chi connectivity index (χ0n) is 14.5. The summed E-state index contributed by atoms with van der Waals surface area (Å²) >= 11 is 0. The first-order valence-corrected chi connectivity index (χ1v) is 8.21. The number of hydrogen-bond donors (Lipinski definition) is 0. The van der Waals surface area contributed by atoms with Crippen molar-refractivity contribution in [3.8, 4) is 0 Å². The summed E-state index contributed by atoms with van der Waals surface area (Å²) in [5, 5.41) is 0. The third kappa shape index (κ3) is 2.07. The highest BCUT2D eigenvalue weighted by molar-refractivity contribution is 5.94. The van der Waals surface area contributed by atoms with Gasteiger partial charge in [-0.1, -0.05) is 12.1 Å². The summed E-state index contributed by atoms with van der Waals surface area (Å²) in [5.41, 5.74) is 0.736. The molecule has 2 fully saturated rings. The fraction of sp³-hybridized carbons (Fsp3) is 0.333. The van der Waals surface area contributed by atoms with Gasteiger partial charge in [0.05, 0.1) is 11.1 Å². The van der Waals surface area contributed by atoms with E-state index in [1.807, 2.05) is 0 Å². The van der Waals surface area contributed by atoms with Gasteiger partial charge in [-0.2, -0.15) is 0 Å². The number of hydrogen-bond acceptors (Lipinski definition) is 8. The van der Waals surface area contributed by atoms with Crippen molar-refractivity contribution < 1.29 is 38.0 Å². The number of ether oxygens (including phenoxy) is 6. The van der Waals surface area contributed by atoms with Crippen LogP contribution in [0.5, 0.6) is 0 Å². The Labute approximate surface area is 153 Å². The molecule has 3 atom stereocenters. The molecule has 0 bridgehead atoms. The molecule has 0 aromatic heterocycles. The van der Waals surface area contributed by atoms with Gasteiger partial charge in [-0.3, -0.25) is 9.47 Å². The molecule has 3 aliphatic heterocycles. The molecule has 9 nitrogen and oxygen atoms in total. The van der Waals surface area contributed by atoms with Crippen molar-refractivity contribution in [2.75, 3.05) is 20.9 Å². The van der Waals surface area contributed by atoms with E-state index in [9.17, 15) is 9.59 Å². The normalized spacial score (nSPS) is 35.3. The molecule has 1 spiro atoms. The molecule has 3 heterocycles. The molecule has 0 N–H and O–H groups in total. The maximum absolute atomic E-state index is 12.3. The molecule has 4 aliphatic rings. The smallest absolute Gasteiger partial charge is 0.410 e. The van der Waals surface area contributed by atoms with E-state index in [4.69, 9.17) is 28.4 Å². The molecule has 3 unspecified atom stereocenters. The van der Waals surface area contributed by atoms with Crippen molar-refractivity contribution in [3.05, 3.63) is 59.4 Å². The Morgan fingerprint density at radius 3 is 2.70 bits per heavy atom. The molecule has 0 radical (unpaired) electrons. The van der Waals surface area contributed by atoms with Crippen LogP contribution in [0.25, 0.3) is 0 Å². The highest BCUT2D eigenvalue weighted by Crippen LogP contribution is 2.59. The molecule has 5 rings (SSSR count). The molecule has 1 aliphatic carbocycles. The number of fused-ring (bicyclic) bond motifs is 2. The Morgan fingerprint density at radius 1 is 1.15 bits per heavy atom. The van der Waals surface area contributed by atoms with E-state index in [0.29, 0.717) is 11.1 Å². The lowest BCUT2D eigenvalue weighted by Crippen LogP contribution is -2.48. The molecule has 27 heavy (non-hydrogen) atoms. The summed E-state index contributed by atoms with van der Waals surface area (Å²) in [4.78, 5) is 25.4. The highest BCUT2D eigenvalue weighted by atomic mass is 17.0. The average molecular weight is 373 g/mol. The molecule has 1 aromatic rings. The first-order valence-electron chi connectivity index (χ1n) is 8.21. The summed E-state index contributed by atoms with van der Waals surface area (Å²) in [5.74, 6) is -5.29. The fourth-order valence-electron chi connectivity index (χ4n) is 3.39. The minimum absolute atomic E-state index is 0.124. The van der Waals surface area contributed by atoms with Crippen molar-refractivity contribution in [3.63, 3.8) is 0 Å². The Balaban J connectivity index is 1.56. The van der Waals surface area contributed by atoms with Gasteiger partial charge < -0.3 is 23.8 Å². The molecular weight excluding hydrogens is 358 g/mol. The third-order valence-corrected chi connectivity index (χ3v) is 4.68. The van der Waals surface area contributed by atoms with E-state index in [1.165, 1.54) is 23.1 Å². The number of carbonyl (C=O) groups excluding carboxylic acids is 2. The van der Waals surface area contributed by atoms with E-state index in [-0.39, 0.29) is 12.6 Å². The fourth-order valence-corrected chi connectivity index (χ4v) is 3.39. The van der Waals surface area contributed by atoms with Gasteiger partial charge in [0.1, 0.15) is 5.76 Å². The lowest BCUT2D eigenvalue weighted by Gasteiger charge is -2.30. The number of amides is 1. The van der Waals surface area contributed by atoms with E-state index in [0.717, 1.165) is 0 Å². The Bertz CT molecular complexity index is 924. The van der Waals surface area contributed by atoms with Gasteiger partial charge in [0.25, 0.3) is 11.6 Å². The molecule has 0 saturated carbocycles. The van der Waals surface area contributed by atoms with E-state index in [2.05, 4.69) is 0 Å². The first kappa shape index (κ1) is 16.5. The molecule has 9 heteroatoms. The van der Waals surface area contributed by atoms with Crippen molar-refractivity contribution >= 4 is 12.1 Å². The summed E-state index contributed by atoms with van der Waals surface area (Å²) in [6.07, 6.45) is 3.89. The molecule has 2 saturated heterocycles.